The fraction of sp³-hybridized carbons (Fsp3) is 0.500. The third kappa shape index (κ3) is 3.11. The van der Waals surface area contributed by atoms with Gasteiger partial charge in [0, 0.05) is 18.8 Å². The van der Waals surface area contributed by atoms with E-state index in [9.17, 15) is 18.0 Å². The summed E-state index contributed by atoms with van der Waals surface area (Å²) in [6.45, 7) is 3.97. The molecule has 0 aliphatic carbocycles. The number of nitrogens with zero attached hydrogens (tertiary/aromatic N) is 1. The van der Waals surface area contributed by atoms with Crippen molar-refractivity contribution in [1.82, 2.24) is 4.57 Å². The minimum absolute atomic E-state index is 0.131. The molecular weight excluding hydrogens is 207 g/mol. The Bertz CT molecular complexity index is 392. The molecule has 1 heterocycles. The van der Waals surface area contributed by atoms with Gasteiger partial charge in [-0.1, -0.05) is 13.8 Å². The first-order valence-corrected chi connectivity index (χ1v) is 4.58. The van der Waals surface area contributed by atoms with E-state index in [2.05, 4.69) is 0 Å². The van der Waals surface area contributed by atoms with Gasteiger partial charge in [-0.05, 0) is 12.0 Å². The minimum atomic E-state index is -4.40. The Labute approximate surface area is 85.3 Å². The summed E-state index contributed by atoms with van der Waals surface area (Å²) in [5.74, 6) is 0.131. The first kappa shape index (κ1) is 11.8. The van der Waals surface area contributed by atoms with Crippen molar-refractivity contribution < 1.29 is 13.2 Å². The van der Waals surface area contributed by atoms with E-state index >= 15 is 0 Å². The third-order valence-corrected chi connectivity index (χ3v) is 1.87. The highest BCUT2D eigenvalue weighted by molar-refractivity contribution is 5.13. The molecule has 0 saturated carbocycles. The summed E-state index contributed by atoms with van der Waals surface area (Å²) in [6.07, 6.45) is -3.53. The van der Waals surface area contributed by atoms with Crippen molar-refractivity contribution in [2.45, 2.75) is 26.6 Å². The molecule has 5 heteroatoms. The van der Waals surface area contributed by atoms with Gasteiger partial charge in [-0.25, -0.2) is 0 Å². The maximum absolute atomic E-state index is 12.3. The maximum Gasteiger partial charge on any atom is 0.417 e. The molecule has 0 fully saturated rings. The lowest BCUT2D eigenvalue weighted by atomic mass is 10.2. The van der Waals surface area contributed by atoms with Crippen LogP contribution in [0.15, 0.2) is 23.1 Å². The van der Waals surface area contributed by atoms with Gasteiger partial charge in [-0.15, -0.1) is 0 Å². The monoisotopic (exact) mass is 219 g/mol. The highest BCUT2D eigenvalue weighted by Gasteiger charge is 2.30. The van der Waals surface area contributed by atoms with Crippen LogP contribution in [-0.4, -0.2) is 4.57 Å². The molecule has 0 N–H and O–H groups in total. The SMILES string of the molecule is CC(C)Cn1cc(C(F)(F)F)ccc1=O. The molecular formula is C10H12F3NO. The summed E-state index contributed by atoms with van der Waals surface area (Å²) < 4.78 is 38.1. The van der Waals surface area contributed by atoms with Crippen LogP contribution in [0.5, 0.6) is 0 Å². The van der Waals surface area contributed by atoms with E-state index < -0.39 is 17.3 Å². The standard InChI is InChI=1S/C10H12F3NO/c1-7(2)5-14-6-8(10(11,12)13)3-4-9(14)15/h3-4,6-7H,5H2,1-2H3. The minimum Gasteiger partial charge on any atom is -0.315 e. The van der Waals surface area contributed by atoms with Crippen LogP contribution in [0.25, 0.3) is 0 Å². The number of aromatic nitrogens is 1. The molecule has 1 rings (SSSR count). The number of hydrogen-bond acceptors (Lipinski definition) is 1. The predicted octanol–water partition coefficient (Wildman–Crippen LogP) is 2.52. The molecule has 0 atom stereocenters. The molecule has 0 aromatic carbocycles. The summed E-state index contributed by atoms with van der Waals surface area (Å²) in [4.78, 5) is 11.2. The molecule has 1 aromatic heterocycles. The van der Waals surface area contributed by atoms with Gasteiger partial charge in [-0.2, -0.15) is 13.2 Å². The van der Waals surface area contributed by atoms with Gasteiger partial charge < -0.3 is 4.57 Å². The zero-order chi connectivity index (χ0) is 11.6. The van der Waals surface area contributed by atoms with Crippen molar-refractivity contribution in [2.24, 2.45) is 5.92 Å². The molecule has 0 saturated heterocycles. The second kappa shape index (κ2) is 4.08. The normalized spacial score (nSPS) is 12.1. The van der Waals surface area contributed by atoms with Crippen LogP contribution in [0.1, 0.15) is 19.4 Å². The number of pyridine rings is 1. The smallest absolute Gasteiger partial charge is 0.315 e. The van der Waals surface area contributed by atoms with Gasteiger partial charge in [0.25, 0.3) is 5.56 Å². The Hall–Kier alpha value is -1.26. The Morgan fingerprint density at radius 1 is 1.33 bits per heavy atom. The van der Waals surface area contributed by atoms with Gasteiger partial charge in [-0.3, -0.25) is 4.79 Å². The quantitative estimate of drug-likeness (QED) is 0.749. The third-order valence-electron chi connectivity index (χ3n) is 1.87. The molecule has 0 aliphatic heterocycles. The van der Waals surface area contributed by atoms with Crippen LogP contribution in [-0.2, 0) is 12.7 Å². The molecule has 0 unspecified atom stereocenters. The Balaban J connectivity index is 3.11. The highest BCUT2D eigenvalue weighted by atomic mass is 19.4. The van der Waals surface area contributed by atoms with Crippen LogP contribution in [0.4, 0.5) is 13.2 Å². The summed E-state index contributed by atoms with van der Waals surface area (Å²) in [5.41, 5.74) is -1.19. The van der Waals surface area contributed by atoms with Crippen molar-refractivity contribution in [1.29, 1.82) is 0 Å². The zero-order valence-corrected chi connectivity index (χ0v) is 8.51. The summed E-state index contributed by atoms with van der Waals surface area (Å²) >= 11 is 0. The van der Waals surface area contributed by atoms with Crippen LogP contribution in [0.3, 0.4) is 0 Å². The fourth-order valence-electron chi connectivity index (χ4n) is 1.24. The number of rotatable bonds is 2. The molecule has 0 bridgehead atoms. The van der Waals surface area contributed by atoms with Gasteiger partial charge in [0.1, 0.15) is 0 Å². The molecule has 0 radical (unpaired) electrons. The van der Waals surface area contributed by atoms with Crippen molar-refractivity contribution in [3.8, 4) is 0 Å². The van der Waals surface area contributed by atoms with E-state index in [-0.39, 0.29) is 5.92 Å². The lowest BCUT2D eigenvalue weighted by molar-refractivity contribution is -0.138. The lowest BCUT2D eigenvalue weighted by Gasteiger charge is -2.12. The van der Waals surface area contributed by atoms with Gasteiger partial charge in [0.05, 0.1) is 5.56 Å². The highest BCUT2D eigenvalue weighted by Crippen LogP contribution is 2.28. The number of halogens is 3. The van der Waals surface area contributed by atoms with Crippen LogP contribution in [0, 0.1) is 5.92 Å². The second-order valence-electron chi connectivity index (χ2n) is 3.80. The second-order valence-corrected chi connectivity index (χ2v) is 3.80. The zero-order valence-electron chi connectivity index (χ0n) is 8.51. The molecule has 1 aromatic rings. The van der Waals surface area contributed by atoms with Crippen molar-refractivity contribution in [3.05, 3.63) is 34.2 Å². The van der Waals surface area contributed by atoms with E-state index in [4.69, 9.17) is 0 Å². The van der Waals surface area contributed by atoms with Crippen molar-refractivity contribution >= 4 is 0 Å². The molecule has 15 heavy (non-hydrogen) atoms. The molecule has 0 aliphatic rings. The van der Waals surface area contributed by atoms with Gasteiger partial charge >= 0.3 is 6.18 Å². The first-order chi connectivity index (χ1) is 6.80. The predicted molar refractivity (Wildman–Crippen MR) is 50.5 cm³/mol. The summed E-state index contributed by atoms with van der Waals surface area (Å²) in [6, 6.07) is 1.75. The van der Waals surface area contributed by atoms with Crippen LogP contribution in [0.2, 0.25) is 0 Å². The van der Waals surface area contributed by atoms with Crippen molar-refractivity contribution in [2.75, 3.05) is 0 Å². The molecule has 0 spiro atoms. The number of hydrogen-bond donors (Lipinski definition) is 0. The molecule has 0 amide bonds. The largest absolute Gasteiger partial charge is 0.417 e. The van der Waals surface area contributed by atoms with Crippen LogP contribution >= 0.6 is 0 Å². The molecule has 84 valence electrons. The van der Waals surface area contributed by atoms with E-state index in [1.807, 2.05) is 13.8 Å². The average Bonchev–Trinajstić information content (AvgIpc) is 2.06. The van der Waals surface area contributed by atoms with E-state index in [0.29, 0.717) is 6.54 Å². The Kier molecular flexibility index (Phi) is 3.21. The first-order valence-electron chi connectivity index (χ1n) is 4.58. The Morgan fingerprint density at radius 2 is 1.93 bits per heavy atom. The lowest BCUT2D eigenvalue weighted by Crippen LogP contribution is -2.23. The van der Waals surface area contributed by atoms with E-state index in [1.54, 1.807) is 0 Å². The molecule has 2 nitrogen and oxygen atoms in total. The fourth-order valence-corrected chi connectivity index (χ4v) is 1.24. The Morgan fingerprint density at radius 3 is 2.40 bits per heavy atom. The van der Waals surface area contributed by atoms with Gasteiger partial charge in [0.2, 0.25) is 0 Å². The topological polar surface area (TPSA) is 22.0 Å². The summed E-state index contributed by atoms with van der Waals surface area (Å²) in [7, 11) is 0. The van der Waals surface area contributed by atoms with E-state index in [0.717, 1.165) is 22.9 Å². The van der Waals surface area contributed by atoms with Gasteiger partial charge in [0.15, 0.2) is 0 Å². The average molecular weight is 219 g/mol. The van der Waals surface area contributed by atoms with Crippen LogP contribution < -0.4 is 5.56 Å². The van der Waals surface area contributed by atoms with Crippen molar-refractivity contribution in [3.63, 3.8) is 0 Å². The number of alkyl halides is 3. The van der Waals surface area contributed by atoms with E-state index in [1.165, 1.54) is 0 Å². The summed E-state index contributed by atoms with van der Waals surface area (Å²) in [5, 5.41) is 0. The maximum atomic E-state index is 12.3.